The Kier molecular flexibility index (Phi) is 5.19. The predicted octanol–water partition coefficient (Wildman–Crippen LogP) is 2.70. The molecule has 5 nitrogen and oxygen atoms in total. The van der Waals surface area contributed by atoms with Gasteiger partial charge in [-0.1, -0.05) is 0 Å². The SMILES string of the molecule is Cc1cc(C(=O)N2CCCCC2C)ccc1NC(=O)C1CCCN1. The van der Waals surface area contributed by atoms with Gasteiger partial charge in [0.05, 0.1) is 6.04 Å². The summed E-state index contributed by atoms with van der Waals surface area (Å²) in [7, 11) is 0. The standard InChI is InChI=1S/C19H27N3O2/c1-13-12-15(19(24)22-11-4-3-6-14(22)2)8-9-16(13)21-18(23)17-7-5-10-20-17/h8-9,12,14,17,20H,3-7,10-11H2,1-2H3,(H,21,23). The van der Waals surface area contributed by atoms with Crippen molar-refractivity contribution in [3.05, 3.63) is 29.3 Å². The number of anilines is 1. The van der Waals surface area contributed by atoms with Crippen molar-refractivity contribution in [1.29, 1.82) is 0 Å². The number of carbonyl (C=O) groups excluding carboxylic acids is 2. The number of hydrogen-bond donors (Lipinski definition) is 2. The zero-order valence-electron chi connectivity index (χ0n) is 14.6. The van der Waals surface area contributed by atoms with Crippen LogP contribution in [0.5, 0.6) is 0 Å². The molecule has 2 aliphatic rings. The van der Waals surface area contributed by atoms with Gasteiger partial charge >= 0.3 is 0 Å². The van der Waals surface area contributed by atoms with Gasteiger partial charge in [-0.25, -0.2) is 0 Å². The molecular formula is C19H27N3O2. The second kappa shape index (κ2) is 7.34. The van der Waals surface area contributed by atoms with Crippen molar-refractivity contribution in [3.63, 3.8) is 0 Å². The third-order valence-corrected chi connectivity index (χ3v) is 5.17. The van der Waals surface area contributed by atoms with Gasteiger partial charge in [0.25, 0.3) is 5.91 Å². The minimum atomic E-state index is -0.0973. The van der Waals surface area contributed by atoms with Gasteiger partial charge in [0, 0.05) is 23.8 Å². The van der Waals surface area contributed by atoms with Crippen LogP contribution in [0.15, 0.2) is 18.2 Å². The summed E-state index contributed by atoms with van der Waals surface area (Å²) in [6.45, 7) is 5.80. The number of benzene rings is 1. The summed E-state index contributed by atoms with van der Waals surface area (Å²) >= 11 is 0. The highest BCUT2D eigenvalue weighted by Crippen LogP contribution is 2.22. The van der Waals surface area contributed by atoms with E-state index in [9.17, 15) is 9.59 Å². The van der Waals surface area contributed by atoms with Gasteiger partial charge in [0.15, 0.2) is 0 Å². The molecule has 0 aliphatic carbocycles. The first kappa shape index (κ1) is 17.0. The second-order valence-corrected chi connectivity index (χ2v) is 7.01. The molecule has 2 aliphatic heterocycles. The minimum absolute atomic E-state index is 0.0133. The maximum absolute atomic E-state index is 12.7. The van der Waals surface area contributed by atoms with Crippen molar-refractivity contribution in [1.82, 2.24) is 10.2 Å². The van der Waals surface area contributed by atoms with Crippen LogP contribution < -0.4 is 10.6 Å². The number of amides is 2. The topological polar surface area (TPSA) is 61.4 Å². The van der Waals surface area contributed by atoms with E-state index in [2.05, 4.69) is 17.6 Å². The average molecular weight is 329 g/mol. The first-order chi connectivity index (χ1) is 11.6. The molecule has 0 saturated carbocycles. The monoisotopic (exact) mass is 329 g/mol. The number of nitrogens with zero attached hydrogens (tertiary/aromatic N) is 1. The van der Waals surface area contributed by atoms with Crippen molar-refractivity contribution in [2.24, 2.45) is 0 Å². The van der Waals surface area contributed by atoms with Gasteiger partial charge in [-0.3, -0.25) is 9.59 Å². The largest absolute Gasteiger partial charge is 0.336 e. The van der Waals surface area contributed by atoms with Crippen molar-refractivity contribution in [2.75, 3.05) is 18.4 Å². The van der Waals surface area contributed by atoms with Crippen LogP contribution >= 0.6 is 0 Å². The van der Waals surface area contributed by atoms with Crippen LogP contribution in [-0.2, 0) is 4.79 Å². The number of nitrogens with one attached hydrogen (secondary N) is 2. The van der Waals surface area contributed by atoms with Gasteiger partial charge in [-0.2, -0.15) is 0 Å². The lowest BCUT2D eigenvalue weighted by atomic mass is 10.0. The van der Waals surface area contributed by atoms with Gasteiger partial charge in [0.1, 0.15) is 0 Å². The van der Waals surface area contributed by atoms with Crippen LogP contribution in [0.4, 0.5) is 5.69 Å². The van der Waals surface area contributed by atoms with Crippen molar-refractivity contribution < 1.29 is 9.59 Å². The fourth-order valence-corrected chi connectivity index (χ4v) is 3.63. The molecule has 0 radical (unpaired) electrons. The lowest BCUT2D eigenvalue weighted by Gasteiger charge is -2.33. The van der Waals surface area contributed by atoms with Crippen LogP contribution in [0.1, 0.15) is 54.9 Å². The number of aryl methyl sites for hydroxylation is 1. The highest BCUT2D eigenvalue weighted by Gasteiger charge is 2.25. The molecule has 0 bridgehead atoms. The molecule has 0 spiro atoms. The number of carbonyl (C=O) groups is 2. The van der Waals surface area contributed by atoms with Crippen LogP contribution in [0.25, 0.3) is 0 Å². The van der Waals surface area contributed by atoms with Gasteiger partial charge in [0.2, 0.25) is 5.91 Å². The highest BCUT2D eigenvalue weighted by atomic mass is 16.2. The maximum Gasteiger partial charge on any atom is 0.254 e. The Morgan fingerprint density at radius 2 is 2.04 bits per heavy atom. The quantitative estimate of drug-likeness (QED) is 0.896. The van der Waals surface area contributed by atoms with E-state index in [0.717, 1.165) is 50.0 Å². The fraction of sp³-hybridized carbons (Fsp3) is 0.579. The van der Waals surface area contributed by atoms with E-state index in [1.807, 2.05) is 30.0 Å². The van der Waals surface area contributed by atoms with E-state index >= 15 is 0 Å². The van der Waals surface area contributed by atoms with Gasteiger partial charge < -0.3 is 15.5 Å². The van der Waals surface area contributed by atoms with E-state index in [0.29, 0.717) is 11.6 Å². The highest BCUT2D eigenvalue weighted by molar-refractivity contribution is 5.98. The van der Waals surface area contributed by atoms with Crippen LogP contribution in [0.2, 0.25) is 0 Å². The molecule has 2 amide bonds. The predicted molar refractivity (Wildman–Crippen MR) is 95.2 cm³/mol. The first-order valence-electron chi connectivity index (χ1n) is 9.02. The number of rotatable bonds is 3. The molecule has 2 atom stereocenters. The van der Waals surface area contributed by atoms with Gasteiger partial charge in [-0.05, 0) is 76.3 Å². The van der Waals surface area contributed by atoms with Crippen LogP contribution in [0, 0.1) is 6.92 Å². The second-order valence-electron chi connectivity index (χ2n) is 7.01. The molecule has 1 aromatic rings. The molecule has 2 N–H and O–H groups in total. The lowest BCUT2D eigenvalue weighted by Crippen LogP contribution is -2.42. The molecule has 0 aromatic heterocycles. The molecule has 2 saturated heterocycles. The number of likely N-dealkylation sites (tertiary alicyclic amines) is 1. The zero-order valence-corrected chi connectivity index (χ0v) is 14.6. The van der Waals surface area contributed by atoms with E-state index in [1.165, 1.54) is 6.42 Å². The summed E-state index contributed by atoms with van der Waals surface area (Å²) in [5.41, 5.74) is 2.42. The van der Waals surface area contributed by atoms with Crippen LogP contribution in [0.3, 0.4) is 0 Å². The Morgan fingerprint density at radius 1 is 1.21 bits per heavy atom. The minimum Gasteiger partial charge on any atom is -0.336 e. The summed E-state index contributed by atoms with van der Waals surface area (Å²) in [6, 6.07) is 5.78. The molecule has 2 unspecified atom stereocenters. The normalized spacial score (nSPS) is 24.0. The zero-order chi connectivity index (χ0) is 17.1. The van der Waals surface area contributed by atoms with Crippen LogP contribution in [-0.4, -0.2) is 41.9 Å². The third-order valence-electron chi connectivity index (χ3n) is 5.17. The Bertz CT molecular complexity index is 623. The van der Waals surface area contributed by atoms with Crippen molar-refractivity contribution >= 4 is 17.5 Å². The summed E-state index contributed by atoms with van der Waals surface area (Å²) < 4.78 is 0. The Hall–Kier alpha value is -1.88. The smallest absolute Gasteiger partial charge is 0.254 e. The Balaban J connectivity index is 1.69. The van der Waals surface area contributed by atoms with E-state index in [4.69, 9.17) is 0 Å². The summed E-state index contributed by atoms with van der Waals surface area (Å²) in [6.07, 6.45) is 5.28. The molecule has 1 aromatic carbocycles. The number of hydrogen-bond acceptors (Lipinski definition) is 3. The fourth-order valence-electron chi connectivity index (χ4n) is 3.63. The maximum atomic E-state index is 12.7. The van der Waals surface area contributed by atoms with E-state index in [-0.39, 0.29) is 17.9 Å². The molecule has 130 valence electrons. The molecule has 2 heterocycles. The number of piperidine rings is 1. The van der Waals surface area contributed by atoms with Crippen molar-refractivity contribution in [3.8, 4) is 0 Å². The average Bonchev–Trinajstić information content (AvgIpc) is 3.11. The molecule has 3 rings (SSSR count). The molecular weight excluding hydrogens is 302 g/mol. The Labute approximate surface area is 143 Å². The van der Waals surface area contributed by atoms with Crippen molar-refractivity contribution in [2.45, 2.75) is 58.0 Å². The summed E-state index contributed by atoms with van der Waals surface area (Å²) in [5.74, 6) is 0.111. The molecule has 5 heteroatoms. The lowest BCUT2D eigenvalue weighted by molar-refractivity contribution is -0.117. The third kappa shape index (κ3) is 3.61. The molecule has 2 fully saturated rings. The Morgan fingerprint density at radius 3 is 2.71 bits per heavy atom. The van der Waals surface area contributed by atoms with Gasteiger partial charge in [-0.15, -0.1) is 0 Å². The first-order valence-corrected chi connectivity index (χ1v) is 9.02. The van der Waals surface area contributed by atoms with E-state index < -0.39 is 0 Å². The summed E-state index contributed by atoms with van der Waals surface area (Å²) in [5, 5.41) is 6.18. The summed E-state index contributed by atoms with van der Waals surface area (Å²) in [4.78, 5) is 26.9. The van der Waals surface area contributed by atoms with E-state index in [1.54, 1.807) is 0 Å². The molecule has 24 heavy (non-hydrogen) atoms.